The van der Waals surface area contributed by atoms with Crippen molar-refractivity contribution in [2.45, 2.75) is 59.4 Å². The lowest BCUT2D eigenvalue weighted by atomic mass is 9.94. The molecule has 0 aromatic rings. The van der Waals surface area contributed by atoms with Crippen LogP contribution in [0.3, 0.4) is 0 Å². The van der Waals surface area contributed by atoms with Crippen molar-refractivity contribution in [3.63, 3.8) is 0 Å². The Morgan fingerprint density at radius 1 is 1.08 bits per heavy atom. The van der Waals surface area contributed by atoms with Gasteiger partial charge < -0.3 is 5.32 Å². The fourth-order valence-corrected chi connectivity index (χ4v) is 1.55. The average Bonchev–Trinajstić information content (AvgIpc) is 2.11. The number of nitrogens with one attached hydrogen (secondary N) is 1. The second kappa shape index (κ2) is 7.60. The van der Waals surface area contributed by atoms with E-state index in [4.69, 9.17) is 0 Å². The van der Waals surface area contributed by atoms with Crippen LogP contribution in [0.2, 0.25) is 0 Å². The minimum atomic E-state index is 0. The smallest absolute Gasteiger partial charge is 0.00643 e. The molecule has 1 fully saturated rings. The van der Waals surface area contributed by atoms with Crippen molar-refractivity contribution in [2.75, 3.05) is 6.54 Å². The third-order valence-corrected chi connectivity index (χ3v) is 2.66. The normalized spacial score (nSPS) is 31.0. The van der Waals surface area contributed by atoms with Crippen molar-refractivity contribution >= 4 is 0 Å². The molecule has 76 valence electrons. The maximum absolute atomic E-state index is 3.53. The van der Waals surface area contributed by atoms with Crippen molar-refractivity contribution in [1.82, 2.24) is 5.32 Å². The summed E-state index contributed by atoms with van der Waals surface area (Å²) in [6.07, 6.45) is 5.64. The predicted molar refractivity (Wildman–Crippen MR) is 58.6 cm³/mol. The van der Waals surface area contributed by atoms with E-state index in [2.05, 4.69) is 19.2 Å². The van der Waals surface area contributed by atoms with Gasteiger partial charge in [0.15, 0.2) is 0 Å². The van der Waals surface area contributed by atoms with E-state index in [1.54, 1.807) is 0 Å². The van der Waals surface area contributed by atoms with Crippen LogP contribution in [0.1, 0.15) is 54.8 Å². The van der Waals surface area contributed by atoms with E-state index < -0.39 is 0 Å². The van der Waals surface area contributed by atoms with Gasteiger partial charge >= 0.3 is 0 Å². The summed E-state index contributed by atoms with van der Waals surface area (Å²) >= 11 is 0. The molecule has 1 rings (SSSR count). The summed E-state index contributed by atoms with van der Waals surface area (Å²) in [6.45, 7) is 9.88. The van der Waals surface area contributed by atoms with E-state index in [9.17, 15) is 0 Å². The van der Waals surface area contributed by atoms with E-state index in [-0.39, 0.29) is 1.43 Å². The van der Waals surface area contributed by atoms with E-state index in [0.29, 0.717) is 0 Å². The average molecular weight is 173 g/mol. The van der Waals surface area contributed by atoms with Gasteiger partial charge in [0.1, 0.15) is 0 Å². The Labute approximate surface area is 79.4 Å². The molecule has 0 bridgehead atoms. The summed E-state index contributed by atoms with van der Waals surface area (Å²) in [5.74, 6) is 0.875. The molecule has 0 spiro atoms. The summed E-state index contributed by atoms with van der Waals surface area (Å²) < 4.78 is 0. The molecule has 0 aliphatic carbocycles. The maximum atomic E-state index is 3.53. The molecule has 12 heavy (non-hydrogen) atoms. The van der Waals surface area contributed by atoms with Gasteiger partial charge in [-0.15, -0.1) is 0 Å². The highest BCUT2D eigenvalue weighted by Crippen LogP contribution is 2.15. The molecule has 0 aromatic carbocycles. The molecule has 0 amide bonds. The highest BCUT2D eigenvalue weighted by molar-refractivity contribution is 4.70. The van der Waals surface area contributed by atoms with E-state index in [1.165, 1.54) is 32.2 Å². The molecule has 2 atom stereocenters. The van der Waals surface area contributed by atoms with Gasteiger partial charge in [-0.05, 0) is 32.2 Å². The number of hydrogen-bond donors (Lipinski definition) is 1. The van der Waals surface area contributed by atoms with Gasteiger partial charge in [0.25, 0.3) is 0 Å². The number of hydrogen-bond acceptors (Lipinski definition) is 1. The fraction of sp³-hybridized carbons (Fsp3) is 1.00. The summed E-state index contributed by atoms with van der Waals surface area (Å²) in [5.41, 5.74) is 0. The predicted octanol–water partition coefficient (Wildman–Crippen LogP) is 3.45. The summed E-state index contributed by atoms with van der Waals surface area (Å²) in [5, 5.41) is 3.53. The first kappa shape index (κ1) is 12.0. The third-order valence-electron chi connectivity index (χ3n) is 2.66. The summed E-state index contributed by atoms with van der Waals surface area (Å²) in [6, 6.07) is 0.736. The van der Waals surface area contributed by atoms with Crippen molar-refractivity contribution in [2.24, 2.45) is 5.92 Å². The van der Waals surface area contributed by atoms with Gasteiger partial charge in [-0.25, -0.2) is 0 Å². The van der Waals surface area contributed by atoms with Crippen LogP contribution in [-0.2, 0) is 0 Å². The van der Waals surface area contributed by atoms with Crippen LogP contribution in [-0.4, -0.2) is 12.6 Å². The Kier molecular flexibility index (Phi) is 7.58. The van der Waals surface area contributed by atoms with Gasteiger partial charge in [0.2, 0.25) is 0 Å². The van der Waals surface area contributed by atoms with Gasteiger partial charge in [-0.1, -0.05) is 33.6 Å². The Morgan fingerprint density at radius 2 is 1.75 bits per heavy atom. The molecule has 1 aliphatic heterocycles. The van der Waals surface area contributed by atoms with Crippen LogP contribution in [0.4, 0.5) is 0 Å². The van der Waals surface area contributed by atoms with Crippen LogP contribution in [0.5, 0.6) is 0 Å². The monoisotopic (exact) mass is 173 g/mol. The van der Waals surface area contributed by atoms with Crippen LogP contribution in [0.25, 0.3) is 0 Å². The van der Waals surface area contributed by atoms with Crippen LogP contribution in [0.15, 0.2) is 0 Å². The van der Waals surface area contributed by atoms with Gasteiger partial charge in [0, 0.05) is 7.47 Å². The Bertz CT molecular complexity index is 84.1. The molecule has 1 nitrogen and oxygen atoms in total. The maximum Gasteiger partial charge on any atom is 0.00643 e. The largest absolute Gasteiger partial charge is 0.314 e. The molecule has 0 radical (unpaired) electrons. The zero-order valence-corrected chi connectivity index (χ0v) is 9.19. The molecule has 1 heteroatoms. The van der Waals surface area contributed by atoms with Crippen molar-refractivity contribution in [3.8, 4) is 0 Å². The fourth-order valence-electron chi connectivity index (χ4n) is 1.55. The van der Waals surface area contributed by atoms with Gasteiger partial charge in [-0.3, -0.25) is 0 Å². The first-order chi connectivity index (χ1) is 5.80. The molecule has 2 unspecified atom stereocenters. The van der Waals surface area contributed by atoms with Crippen LogP contribution < -0.4 is 5.32 Å². The highest BCUT2D eigenvalue weighted by Gasteiger charge is 2.12. The lowest BCUT2D eigenvalue weighted by Gasteiger charge is -2.23. The lowest BCUT2D eigenvalue weighted by molar-refractivity contribution is 0.340. The lowest BCUT2D eigenvalue weighted by Crippen LogP contribution is -2.34. The third kappa shape index (κ3) is 4.76. The van der Waals surface area contributed by atoms with Crippen molar-refractivity contribution in [1.29, 1.82) is 0 Å². The molecule has 0 aromatic heterocycles. The second-order valence-corrected chi connectivity index (χ2v) is 3.57. The van der Waals surface area contributed by atoms with E-state index in [1.807, 2.05) is 13.8 Å². The Balaban J connectivity index is 0. The standard InChI is InChI=1S/C9H19N.C2H6.H2/c1-8-6-4-3-5-7-10-9(8)2;1-2;/h8-10H,3-7H2,1-2H3;1-2H3;1H. The molecule has 1 heterocycles. The number of rotatable bonds is 0. The quantitative estimate of drug-likeness (QED) is 0.591. The van der Waals surface area contributed by atoms with Gasteiger partial charge in [0.05, 0.1) is 0 Å². The zero-order chi connectivity index (χ0) is 9.40. The summed E-state index contributed by atoms with van der Waals surface area (Å²) in [4.78, 5) is 0. The zero-order valence-electron chi connectivity index (χ0n) is 9.19. The van der Waals surface area contributed by atoms with Crippen LogP contribution in [0, 0.1) is 5.92 Å². The summed E-state index contributed by atoms with van der Waals surface area (Å²) in [7, 11) is 0. The molecular weight excluding hydrogens is 146 g/mol. The van der Waals surface area contributed by atoms with Crippen molar-refractivity contribution < 1.29 is 1.43 Å². The molecule has 0 saturated carbocycles. The highest BCUT2D eigenvalue weighted by atomic mass is 14.9. The second-order valence-electron chi connectivity index (χ2n) is 3.57. The molecule has 1 aliphatic rings. The minimum Gasteiger partial charge on any atom is -0.314 e. The van der Waals surface area contributed by atoms with E-state index in [0.717, 1.165) is 12.0 Å². The topological polar surface area (TPSA) is 12.0 Å². The SMILES string of the molecule is CC.CC1CCCCCNC1C.[HH]. The first-order valence-corrected chi connectivity index (χ1v) is 5.54. The van der Waals surface area contributed by atoms with E-state index >= 15 is 0 Å². The van der Waals surface area contributed by atoms with Gasteiger partial charge in [-0.2, -0.15) is 0 Å². The Hall–Kier alpha value is -0.0400. The molecule has 1 N–H and O–H groups in total. The molecule has 1 saturated heterocycles. The Morgan fingerprint density at radius 3 is 2.42 bits per heavy atom. The minimum absolute atomic E-state index is 0. The van der Waals surface area contributed by atoms with Crippen LogP contribution >= 0.6 is 0 Å². The van der Waals surface area contributed by atoms with Crippen molar-refractivity contribution in [3.05, 3.63) is 0 Å². The molecular formula is C11H27N. The first-order valence-electron chi connectivity index (χ1n) is 5.54.